The zero-order chi connectivity index (χ0) is 15.8. The second-order valence-electron chi connectivity index (χ2n) is 4.68. The van der Waals surface area contributed by atoms with Gasteiger partial charge in [-0.05, 0) is 49.2 Å². The van der Waals surface area contributed by atoms with Crippen LogP contribution in [0, 0.1) is 13.8 Å². The van der Waals surface area contributed by atoms with Crippen LogP contribution in [-0.4, -0.2) is 8.42 Å². The third-order valence-corrected chi connectivity index (χ3v) is 5.34. The maximum atomic E-state index is 12.5. The number of hydrogen-bond donors (Lipinski definition) is 2. The lowest BCUT2D eigenvalue weighted by molar-refractivity contribution is 0.600. The van der Waals surface area contributed by atoms with E-state index in [-0.39, 0.29) is 20.6 Å². The van der Waals surface area contributed by atoms with Crippen LogP contribution in [0.15, 0.2) is 35.2 Å². The van der Waals surface area contributed by atoms with Crippen LogP contribution in [0.25, 0.3) is 0 Å². The van der Waals surface area contributed by atoms with Gasteiger partial charge in [0.05, 0.1) is 20.6 Å². The molecule has 0 fully saturated rings. The molecule has 0 aliphatic heterocycles. The van der Waals surface area contributed by atoms with E-state index in [2.05, 4.69) is 4.72 Å². The molecule has 0 aromatic heterocycles. The summed E-state index contributed by atoms with van der Waals surface area (Å²) >= 11 is 11.9. The summed E-state index contributed by atoms with van der Waals surface area (Å²) in [5.41, 5.74) is 7.73. The van der Waals surface area contributed by atoms with Gasteiger partial charge in [-0.3, -0.25) is 4.72 Å². The largest absolute Gasteiger partial charge is 0.398 e. The molecule has 0 saturated heterocycles. The molecule has 2 rings (SSSR count). The predicted octanol–water partition coefficient (Wildman–Crippen LogP) is 3.99. The number of aryl methyl sites for hydroxylation is 1. The zero-order valence-electron chi connectivity index (χ0n) is 11.4. The Labute approximate surface area is 133 Å². The molecule has 0 unspecified atom stereocenters. The van der Waals surface area contributed by atoms with E-state index in [1.54, 1.807) is 44.2 Å². The van der Waals surface area contributed by atoms with Crippen molar-refractivity contribution in [2.75, 3.05) is 10.5 Å². The third-order valence-electron chi connectivity index (χ3n) is 3.03. The van der Waals surface area contributed by atoms with E-state index in [4.69, 9.17) is 28.9 Å². The van der Waals surface area contributed by atoms with Crippen molar-refractivity contribution >= 4 is 44.6 Å². The molecule has 0 atom stereocenters. The summed E-state index contributed by atoms with van der Waals surface area (Å²) in [4.78, 5) is 0.121. The zero-order valence-corrected chi connectivity index (χ0v) is 13.8. The van der Waals surface area contributed by atoms with Gasteiger partial charge in [0.2, 0.25) is 0 Å². The van der Waals surface area contributed by atoms with Gasteiger partial charge in [0.15, 0.2) is 0 Å². The van der Waals surface area contributed by atoms with E-state index >= 15 is 0 Å². The van der Waals surface area contributed by atoms with Crippen molar-refractivity contribution in [3.63, 3.8) is 0 Å². The van der Waals surface area contributed by atoms with Crippen LogP contribution in [0.2, 0.25) is 10.0 Å². The lowest BCUT2D eigenvalue weighted by atomic mass is 10.1. The summed E-state index contributed by atoms with van der Waals surface area (Å²) in [7, 11) is -3.80. The fourth-order valence-corrected chi connectivity index (χ4v) is 3.75. The molecule has 0 aliphatic carbocycles. The molecule has 4 nitrogen and oxygen atoms in total. The molecule has 0 bridgehead atoms. The Kier molecular flexibility index (Phi) is 4.37. The van der Waals surface area contributed by atoms with Crippen molar-refractivity contribution in [2.24, 2.45) is 0 Å². The van der Waals surface area contributed by atoms with Crippen molar-refractivity contribution < 1.29 is 8.42 Å². The lowest BCUT2D eigenvalue weighted by Crippen LogP contribution is -2.15. The van der Waals surface area contributed by atoms with Crippen molar-refractivity contribution in [2.45, 2.75) is 18.7 Å². The van der Waals surface area contributed by atoms with E-state index in [0.717, 1.165) is 5.56 Å². The Balaban J connectivity index is 2.51. The minimum atomic E-state index is -3.80. The van der Waals surface area contributed by atoms with Gasteiger partial charge in [-0.25, -0.2) is 8.42 Å². The van der Waals surface area contributed by atoms with Crippen LogP contribution in [0.1, 0.15) is 11.1 Å². The van der Waals surface area contributed by atoms with Gasteiger partial charge in [-0.2, -0.15) is 0 Å². The van der Waals surface area contributed by atoms with Crippen molar-refractivity contribution in [3.05, 3.63) is 51.5 Å². The molecule has 0 amide bonds. The highest BCUT2D eigenvalue weighted by Crippen LogP contribution is 2.32. The van der Waals surface area contributed by atoms with Gasteiger partial charge in [0.25, 0.3) is 10.0 Å². The average molecular weight is 345 g/mol. The number of nitrogen functional groups attached to an aromatic ring is 1. The summed E-state index contributed by atoms with van der Waals surface area (Å²) in [5.74, 6) is 0. The smallest absolute Gasteiger partial charge is 0.262 e. The van der Waals surface area contributed by atoms with Crippen LogP contribution in [0.4, 0.5) is 11.4 Å². The van der Waals surface area contributed by atoms with Crippen LogP contribution in [-0.2, 0) is 10.0 Å². The molecule has 7 heteroatoms. The highest BCUT2D eigenvalue weighted by Gasteiger charge is 2.20. The normalized spacial score (nSPS) is 11.4. The molecule has 3 N–H and O–H groups in total. The van der Waals surface area contributed by atoms with Gasteiger partial charge in [0, 0.05) is 5.69 Å². The first-order chi connectivity index (χ1) is 9.72. The van der Waals surface area contributed by atoms with Gasteiger partial charge in [-0.15, -0.1) is 0 Å². The number of nitrogens with one attached hydrogen (secondary N) is 1. The Bertz CT molecular complexity index is 805. The van der Waals surface area contributed by atoms with Gasteiger partial charge in [0.1, 0.15) is 0 Å². The number of benzene rings is 2. The summed E-state index contributed by atoms with van der Waals surface area (Å²) in [5, 5.41) is 0.429. The van der Waals surface area contributed by atoms with E-state index < -0.39 is 10.0 Å². The summed E-state index contributed by atoms with van der Waals surface area (Å²) < 4.78 is 27.5. The van der Waals surface area contributed by atoms with E-state index in [1.807, 2.05) is 0 Å². The van der Waals surface area contributed by atoms with E-state index in [9.17, 15) is 8.42 Å². The van der Waals surface area contributed by atoms with E-state index in [1.165, 1.54) is 0 Å². The predicted molar refractivity (Wildman–Crippen MR) is 87.6 cm³/mol. The quantitative estimate of drug-likeness (QED) is 0.826. The Morgan fingerprint density at radius 3 is 2.48 bits per heavy atom. The van der Waals surface area contributed by atoms with Crippen molar-refractivity contribution in [3.8, 4) is 0 Å². The fourth-order valence-electron chi connectivity index (χ4n) is 1.91. The first-order valence-electron chi connectivity index (χ1n) is 6.06. The number of halogens is 2. The molecule has 112 valence electrons. The number of nitrogens with two attached hydrogens (primary N) is 1. The molecule has 0 aliphatic rings. The standard InChI is InChI=1S/C14H14Cl2N2O2S/c1-8-6-11(17)9(2)13(7-8)21(19,20)18-12-5-3-4-10(15)14(12)16/h3-7,18H,17H2,1-2H3. The molecular weight excluding hydrogens is 331 g/mol. The monoisotopic (exact) mass is 344 g/mol. The van der Waals surface area contributed by atoms with Crippen molar-refractivity contribution in [1.29, 1.82) is 0 Å². The number of sulfonamides is 1. The Hall–Kier alpha value is -1.43. The van der Waals surface area contributed by atoms with Crippen LogP contribution in [0.3, 0.4) is 0 Å². The van der Waals surface area contributed by atoms with Crippen LogP contribution >= 0.6 is 23.2 Å². The molecule has 2 aromatic rings. The van der Waals surface area contributed by atoms with E-state index in [0.29, 0.717) is 11.3 Å². The number of anilines is 2. The summed E-state index contributed by atoms with van der Waals surface area (Å²) in [6.45, 7) is 3.43. The maximum absolute atomic E-state index is 12.5. The Morgan fingerprint density at radius 1 is 1.14 bits per heavy atom. The highest BCUT2D eigenvalue weighted by atomic mass is 35.5. The van der Waals surface area contributed by atoms with Gasteiger partial charge in [-0.1, -0.05) is 29.3 Å². The molecule has 2 aromatic carbocycles. The topological polar surface area (TPSA) is 72.2 Å². The lowest BCUT2D eigenvalue weighted by Gasteiger charge is -2.14. The second-order valence-corrected chi connectivity index (χ2v) is 7.12. The summed E-state index contributed by atoms with van der Waals surface area (Å²) in [6, 6.07) is 8.02. The van der Waals surface area contributed by atoms with Crippen molar-refractivity contribution in [1.82, 2.24) is 0 Å². The molecule has 0 radical (unpaired) electrons. The van der Waals surface area contributed by atoms with Gasteiger partial charge < -0.3 is 5.73 Å². The third kappa shape index (κ3) is 3.26. The molecule has 0 spiro atoms. The first-order valence-corrected chi connectivity index (χ1v) is 8.30. The summed E-state index contributed by atoms with van der Waals surface area (Å²) in [6.07, 6.45) is 0. The minimum absolute atomic E-state index is 0.121. The second kappa shape index (κ2) is 5.75. The molecule has 0 saturated carbocycles. The molecule has 21 heavy (non-hydrogen) atoms. The SMILES string of the molecule is Cc1cc(N)c(C)c(S(=O)(=O)Nc2cccc(Cl)c2Cl)c1. The van der Waals surface area contributed by atoms with Crippen LogP contribution in [0.5, 0.6) is 0 Å². The first kappa shape index (κ1) is 15.9. The molecular formula is C14H14Cl2N2O2S. The maximum Gasteiger partial charge on any atom is 0.262 e. The minimum Gasteiger partial charge on any atom is -0.398 e. The fraction of sp³-hybridized carbons (Fsp3) is 0.143. The number of rotatable bonds is 3. The van der Waals surface area contributed by atoms with Gasteiger partial charge >= 0.3 is 0 Å². The van der Waals surface area contributed by atoms with Crippen LogP contribution < -0.4 is 10.5 Å². The highest BCUT2D eigenvalue weighted by molar-refractivity contribution is 7.92. The molecule has 0 heterocycles. The Morgan fingerprint density at radius 2 is 1.81 bits per heavy atom. The average Bonchev–Trinajstić information content (AvgIpc) is 2.39. The number of hydrogen-bond acceptors (Lipinski definition) is 3.